The van der Waals surface area contributed by atoms with Crippen LogP contribution in [0.1, 0.15) is 49.0 Å². The summed E-state index contributed by atoms with van der Waals surface area (Å²) in [5.41, 5.74) is 5.65. The van der Waals surface area contributed by atoms with Gasteiger partial charge in [-0.1, -0.05) is 6.07 Å². The molecule has 1 aliphatic carbocycles. The molecule has 3 heterocycles. The van der Waals surface area contributed by atoms with Crippen molar-refractivity contribution < 1.29 is 4.79 Å². The van der Waals surface area contributed by atoms with E-state index in [0.29, 0.717) is 0 Å². The Labute approximate surface area is 176 Å². The standard InChI is InChI=1S/C24H27N5O/c1-16-25-13-19-8-10-24(23(19)26-16)9-3-11-29(15-24)14-21-5-4-18-12-20(27-17(2)30)6-7-22(18)28-21/h4-7,12-13H,3,8-11,14-15H2,1-2H3,(H,27,30). The van der Waals surface area contributed by atoms with Crippen molar-refractivity contribution >= 4 is 22.5 Å². The van der Waals surface area contributed by atoms with Crippen molar-refractivity contribution in [2.45, 2.75) is 51.5 Å². The van der Waals surface area contributed by atoms with Gasteiger partial charge in [-0.05, 0) is 69.0 Å². The van der Waals surface area contributed by atoms with Gasteiger partial charge in [0.1, 0.15) is 5.82 Å². The van der Waals surface area contributed by atoms with Crippen molar-refractivity contribution in [3.05, 3.63) is 59.3 Å². The number of aryl methyl sites for hydroxylation is 2. The minimum atomic E-state index is -0.0630. The van der Waals surface area contributed by atoms with Crippen molar-refractivity contribution in [1.29, 1.82) is 0 Å². The number of hydrogen-bond donors (Lipinski definition) is 1. The average molecular weight is 402 g/mol. The third-order valence-corrected chi connectivity index (χ3v) is 6.47. The van der Waals surface area contributed by atoms with Crippen molar-refractivity contribution in [2.24, 2.45) is 0 Å². The van der Waals surface area contributed by atoms with E-state index >= 15 is 0 Å². The molecule has 0 saturated carbocycles. The Morgan fingerprint density at radius 3 is 2.97 bits per heavy atom. The predicted molar refractivity (Wildman–Crippen MR) is 117 cm³/mol. The number of hydrogen-bond acceptors (Lipinski definition) is 5. The summed E-state index contributed by atoms with van der Waals surface area (Å²) in [6.45, 7) is 6.50. The minimum Gasteiger partial charge on any atom is -0.326 e. The fraction of sp³-hybridized carbons (Fsp3) is 0.417. The number of nitrogens with one attached hydrogen (secondary N) is 1. The number of anilines is 1. The van der Waals surface area contributed by atoms with Gasteiger partial charge in [0, 0.05) is 42.7 Å². The molecular formula is C24H27N5O. The molecule has 3 aromatic rings. The largest absolute Gasteiger partial charge is 0.326 e. The summed E-state index contributed by atoms with van der Waals surface area (Å²) >= 11 is 0. The van der Waals surface area contributed by atoms with Gasteiger partial charge >= 0.3 is 0 Å². The van der Waals surface area contributed by atoms with E-state index in [2.05, 4.69) is 27.3 Å². The van der Waals surface area contributed by atoms with E-state index in [-0.39, 0.29) is 11.3 Å². The van der Waals surface area contributed by atoms with Gasteiger partial charge in [0.2, 0.25) is 5.91 Å². The Hall–Kier alpha value is -2.86. The molecule has 1 amide bonds. The summed E-state index contributed by atoms with van der Waals surface area (Å²) in [6, 6.07) is 10.1. The molecule has 1 aliphatic heterocycles. The zero-order valence-electron chi connectivity index (χ0n) is 17.6. The summed E-state index contributed by atoms with van der Waals surface area (Å²) in [5, 5.41) is 3.87. The van der Waals surface area contributed by atoms with E-state index in [1.54, 1.807) is 0 Å². The van der Waals surface area contributed by atoms with Crippen molar-refractivity contribution in [1.82, 2.24) is 19.9 Å². The maximum atomic E-state index is 11.3. The van der Waals surface area contributed by atoms with Gasteiger partial charge in [-0.15, -0.1) is 0 Å². The molecule has 1 fully saturated rings. The first-order valence-corrected chi connectivity index (χ1v) is 10.7. The SMILES string of the molecule is CC(=O)Nc1ccc2nc(CN3CCCC4(CCc5cnc(C)nc54)C3)ccc2c1. The second-order valence-corrected chi connectivity index (χ2v) is 8.78. The maximum absolute atomic E-state index is 11.3. The number of amides is 1. The lowest BCUT2D eigenvalue weighted by Crippen LogP contribution is -2.45. The van der Waals surface area contributed by atoms with Gasteiger partial charge in [0.25, 0.3) is 0 Å². The molecule has 6 heteroatoms. The first kappa shape index (κ1) is 19.1. The number of rotatable bonds is 3. The summed E-state index contributed by atoms with van der Waals surface area (Å²) in [5.74, 6) is 0.814. The summed E-state index contributed by atoms with van der Waals surface area (Å²) < 4.78 is 0. The molecule has 1 N–H and O–H groups in total. The van der Waals surface area contributed by atoms with Crippen LogP contribution in [0.15, 0.2) is 36.5 Å². The fourth-order valence-electron chi connectivity index (χ4n) is 5.15. The number of carbonyl (C=O) groups is 1. The number of pyridine rings is 1. The van der Waals surface area contributed by atoms with Crippen LogP contribution in [0.2, 0.25) is 0 Å². The van der Waals surface area contributed by atoms with Gasteiger partial charge in [-0.3, -0.25) is 14.7 Å². The number of piperidine rings is 1. The second-order valence-electron chi connectivity index (χ2n) is 8.78. The van der Waals surface area contributed by atoms with Gasteiger partial charge in [0.15, 0.2) is 0 Å². The molecule has 0 radical (unpaired) electrons. The number of fused-ring (bicyclic) bond motifs is 3. The molecule has 1 saturated heterocycles. The second kappa shape index (κ2) is 7.43. The van der Waals surface area contributed by atoms with Gasteiger partial charge < -0.3 is 5.32 Å². The van der Waals surface area contributed by atoms with E-state index < -0.39 is 0 Å². The predicted octanol–water partition coefficient (Wildman–Crippen LogP) is 3.77. The van der Waals surface area contributed by atoms with Crippen LogP contribution >= 0.6 is 0 Å². The van der Waals surface area contributed by atoms with E-state index in [1.165, 1.54) is 37.4 Å². The van der Waals surface area contributed by atoms with Crippen LogP contribution in [-0.2, 0) is 23.2 Å². The molecule has 1 atom stereocenters. The molecule has 30 heavy (non-hydrogen) atoms. The molecule has 2 aromatic heterocycles. The number of carbonyl (C=O) groups excluding carboxylic acids is 1. The normalized spacial score (nSPS) is 21.1. The van der Waals surface area contributed by atoms with Crippen LogP contribution in [0, 0.1) is 6.92 Å². The zero-order chi connectivity index (χ0) is 20.7. The maximum Gasteiger partial charge on any atom is 0.221 e. The lowest BCUT2D eigenvalue weighted by molar-refractivity contribution is -0.114. The molecule has 2 aliphatic rings. The molecule has 6 nitrogen and oxygen atoms in total. The van der Waals surface area contributed by atoms with E-state index in [4.69, 9.17) is 9.97 Å². The number of nitrogens with zero attached hydrogens (tertiary/aromatic N) is 4. The van der Waals surface area contributed by atoms with Crippen LogP contribution in [0.4, 0.5) is 5.69 Å². The highest BCUT2D eigenvalue weighted by atomic mass is 16.1. The van der Waals surface area contributed by atoms with Crippen molar-refractivity contribution in [3.8, 4) is 0 Å². The molecule has 1 spiro atoms. The topological polar surface area (TPSA) is 71.0 Å². The van der Waals surface area contributed by atoms with Gasteiger partial charge in [-0.2, -0.15) is 0 Å². The van der Waals surface area contributed by atoms with Crippen LogP contribution in [0.5, 0.6) is 0 Å². The van der Waals surface area contributed by atoms with Crippen molar-refractivity contribution in [2.75, 3.05) is 18.4 Å². The highest BCUT2D eigenvalue weighted by molar-refractivity contribution is 5.92. The lowest BCUT2D eigenvalue weighted by atomic mass is 9.77. The first-order valence-electron chi connectivity index (χ1n) is 10.7. The Morgan fingerprint density at radius 1 is 1.20 bits per heavy atom. The smallest absolute Gasteiger partial charge is 0.221 e. The number of likely N-dealkylation sites (tertiary alicyclic amines) is 1. The quantitative estimate of drug-likeness (QED) is 0.723. The fourth-order valence-corrected chi connectivity index (χ4v) is 5.15. The van der Waals surface area contributed by atoms with Crippen molar-refractivity contribution in [3.63, 3.8) is 0 Å². The van der Waals surface area contributed by atoms with E-state index in [1.807, 2.05) is 31.3 Å². The first-order chi connectivity index (χ1) is 14.5. The van der Waals surface area contributed by atoms with Crippen LogP contribution in [0.25, 0.3) is 10.9 Å². The highest BCUT2D eigenvalue weighted by Crippen LogP contribution is 2.44. The molecule has 5 rings (SSSR count). The van der Waals surface area contributed by atoms with Gasteiger partial charge in [0.05, 0.1) is 16.9 Å². The number of aromatic nitrogens is 3. The van der Waals surface area contributed by atoms with Crippen LogP contribution < -0.4 is 5.32 Å². The highest BCUT2D eigenvalue weighted by Gasteiger charge is 2.43. The average Bonchev–Trinajstić information content (AvgIpc) is 3.05. The summed E-state index contributed by atoms with van der Waals surface area (Å²) in [7, 11) is 0. The summed E-state index contributed by atoms with van der Waals surface area (Å²) in [6.07, 6.45) is 6.70. The third-order valence-electron chi connectivity index (χ3n) is 6.47. The number of benzene rings is 1. The monoisotopic (exact) mass is 401 g/mol. The van der Waals surface area contributed by atoms with Crippen LogP contribution in [0.3, 0.4) is 0 Å². The molecule has 1 aromatic carbocycles. The Kier molecular flexibility index (Phi) is 4.74. The molecule has 154 valence electrons. The lowest BCUT2D eigenvalue weighted by Gasteiger charge is -2.40. The van der Waals surface area contributed by atoms with E-state index in [0.717, 1.165) is 54.2 Å². The molecule has 0 bridgehead atoms. The Morgan fingerprint density at radius 2 is 2.10 bits per heavy atom. The van der Waals surface area contributed by atoms with Gasteiger partial charge in [-0.25, -0.2) is 9.97 Å². The Balaban J connectivity index is 1.35. The third kappa shape index (κ3) is 3.56. The summed E-state index contributed by atoms with van der Waals surface area (Å²) in [4.78, 5) is 28.0. The molecule has 1 unspecified atom stereocenters. The minimum absolute atomic E-state index is 0.0630. The zero-order valence-corrected chi connectivity index (χ0v) is 17.6. The Bertz CT molecular complexity index is 1120. The van der Waals surface area contributed by atoms with E-state index in [9.17, 15) is 4.79 Å². The van der Waals surface area contributed by atoms with Crippen LogP contribution in [-0.4, -0.2) is 38.8 Å². The molecular weight excluding hydrogens is 374 g/mol.